The second kappa shape index (κ2) is 8.74. The molecule has 2 aliphatic heterocycles. The van der Waals surface area contributed by atoms with Gasteiger partial charge >= 0.3 is 6.03 Å². The molecular weight excluding hydrogens is 353 g/mol. The van der Waals surface area contributed by atoms with Crippen molar-refractivity contribution < 1.29 is 9.18 Å². The van der Waals surface area contributed by atoms with Crippen LogP contribution >= 0.6 is 0 Å². The molecule has 28 heavy (non-hydrogen) atoms. The molecule has 2 aromatic carbocycles. The summed E-state index contributed by atoms with van der Waals surface area (Å²) in [4.78, 5) is 15.0. The molecular formula is C23H28FN3O. The van der Waals surface area contributed by atoms with Gasteiger partial charge in [-0.1, -0.05) is 48.9 Å². The molecule has 2 amide bonds. The summed E-state index contributed by atoms with van der Waals surface area (Å²) in [5.74, 6) is -0.412. The van der Waals surface area contributed by atoms with Crippen molar-refractivity contribution in [2.24, 2.45) is 0 Å². The van der Waals surface area contributed by atoms with Gasteiger partial charge in [-0.25, -0.2) is 9.18 Å². The smallest absolute Gasteiger partial charge is 0.319 e. The van der Waals surface area contributed by atoms with Crippen molar-refractivity contribution in [2.75, 3.05) is 11.9 Å². The number of carbonyl (C=O) groups is 1. The van der Waals surface area contributed by atoms with Crippen molar-refractivity contribution in [1.82, 2.24) is 10.2 Å². The maximum absolute atomic E-state index is 13.7. The number of urea groups is 1. The number of rotatable bonds is 5. The van der Waals surface area contributed by atoms with E-state index < -0.39 is 5.82 Å². The van der Waals surface area contributed by atoms with Gasteiger partial charge < -0.3 is 10.6 Å². The second-order valence-corrected chi connectivity index (χ2v) is 7.96. The molecule has 2 heterocycles. The molecule has 2 unspecified atom stereocenters. The summed E-state index contributed by atoms with van der Waals surface area (Å²) in [6.07, 6.45) is 6.66. The number of para-hydroxylation sites is 1. The largest absolute Gasteiger partial charge is 0.335 e. The number of anilines is 1. The quantitative estimate of drug-likeness (QED) is 0.796. The lowest BCUT2D eigenvalue weighted by Gasteiger charge is -2.49. The van der Waals surface area contributed by atoms with Crippen LogP contribution in [-0.4, -0.2) is 35.6 Å². The van der Waals surface area contributed by atoms with Gasteiger partial charge in [-0.15, -0.1) is 0 Å². The first-order valence-electron chi connectivity index (χ1n) is 10.3. The molecule has 2 N–H and O–H groups in total. The van der Waals surface area contributed by atoms with Gasteiger partial charge in [-0.2, -0.15) is 0 Å². The van der Waals surface area contributed by atoms with Crippen molar-refractivity contribution >= 4 is 11.7 Å². The Morgan fingerprint density at radius 2 is 1.68 bits per heavy atom. The van der Waals surface area contributed by atoms with Crippen LogP contribution in [0.5, 0.6) is 0 Å². The highest BCUT2D eigenvalue weighted by molar-refractivity contribution is 5.89. The van der Waals surface area contributed by atoms with E-state index in [0.29, 0.717) is 12.1 Å². The maximum atomic E-state index is 13.7. The summed E-state index contributed by atoms with van der Waals surface area (Å²) >= 11 is 0. The molecule has 2 saturated heterocycles. The number of nitrogens with zero attached hydrogens (tertiary/aromatic N) is 1. The normalized spacial score (nSPS) is 24.5. The lowest BCUT2D eigenvalue weighted by atomic mass is 9.81. The van der Waals surface area contributed by atoms with Crippen LogP contribution in [0, 0.1) is 5.82 Å². The average Bonchev–Trinajstić information content (AvgIpc) is 2.69. The molecule has 0 saturated carbocycles. The van der Waals surface area contributed by atoms with E-state index in [0.717, 1.165) is 25.8 Å². The van der Waals surface area contributed by atoms with Crippen LogP contribution in [0.1, 0.15) is 37.7 Å². The van der Waals surface area contributed by atoms with E-state index in [1.54, 1.807) is 18.2 Å². The van der Waals surface area contributed by atoms with Crippen molar-refractivity contribution in [1.29, 1.82) is 0 Å². The molecule has 0 radical (unpaired) electrons. The molecule has 2 bridgehead atoms. The van der Waals surface area contributed by atoms with Gasteiger partial charge in [0.05, 0.1) is 5.69 Å². The van der Waals surface area contributed by atoms with Gasteiger partial charge in [0.15, 0.2) is 0 Å². The summed E-state index contributed by atoms with van der Waals surface area (Å²) in [5.41, 5.74) is 1.60. The summed E-state index contributed by atoms with van der Waals surface area (Å²) in [7, 11) is 0. The number of amides is 2. The molecule has 148 valence electrons. The Bertz CT molecular complexity index is 783. The molecule has 2 aliphatic rings. The fourth-order valence-corrected chi connectivity index (χ4v) is 4.77. The number of nitrogens with one attached hydrogen (secondary N) is 2. The Morgan fingerprint density at radius 1 is 1.00 bits per heavy atom. The van der Waals surface area contributed by atoms with Crippen LogP contribution in [0.3, 0.4) is 0 Å². The van der Waals surface area contributed by atoms with Crippen LogP contribution in [0.15, 0.2) is 54.6 Å². The molecule has 4 rings (SSSR count). The van der Waals surface area contributed by atoms with Gasteiger partial charge in [0.25, 0.3) is 0 Å². The molecule has 5 heteroatoms. The number of fused-ring (bicyclic) bond motifs is 2. The standard InChI is InChI=1S/C23H28FN3O/c24-21-11-4-5-12-22(21)26-23(28)25-18-15-19-9-6-10-20(16-18)27(19)14-13-17-7-2-1-3-8-17/h1-5,7-8,11-12,18-20H,6,9-10,13-16H2,(H2,25,26,28). The number of carbonyl (C=O) groups excluding carboxylic acids is 1. The minimum absolute atomic E-state index is 0.148. The summed E-state index contributed by atoms with van der Waals surface area (Å²) in [6, 6.07) is 17.8. The minimum atomic E-state index is -0.412. The number of piperidine rings is 2. The van der Waals surface area contributed by atoms with E-state index in [1.807, 2.05) is 0 Å². The van der Waals surface area contributed by atoms with E-state index in [9.17, 15) is 9.18 Å². The van der Waals surface area contributed by atoms with Gasteiger partial charge in [-0.3, -0.25) is 4.90 Å². The first-order valence-corrected chi connectivity index (χ1v) is 10.3. The second-order valence-electron chi connectivity index (χ2n) is 7.96. The highest BCUT2D eigenvalue weighted by Crippen LogP contribution is 2.34. The summed E-state index contributed by atoms with van der Waals surface area (Å²) in [5, 5.41) is 5.72. The van der Waals surface area contributed by atoms with Crippen LogP contribution in [-0.2, 0) is 6.42 Å². The van der Waals surface area contributed by atoms with Gasteiger partial charge in [-0.05, 0) is 49.8 Å². The van der Waals surface area contributed by atoms with Crippen molar-refractivity contribution in [3.63, 3.8) is 0 Å². The zero-order chi connectivity index (χ0) is 19.3. The molecule has 4 nitrogen and oxygen atoms in total. The maximum Gasteiger partial charge on any atom is 0.319 e. The van der Waals surface area contributed by atoms with Crippen molar-refractivity contribution in [3.8, 4) is 0 Å². The Labute approximate surface area is 166 Å². The molecule has 2 aromatic rings. The van der Waals surface area contributed by atoms with Crippen LogP contribution in [0.25, 0.3) is 0 Å². The van der Waals surface area contributed by atoms with Crippen LogP contribution in [0.2, 0.25) is 0 Å². The number of hydrogen-bond acceptors (Lipinski definition) is 2. The number of hydrogen-bond donors (Lipinski definition) is 2. The van der Waals surface area contributed by atoms with E-state index in [1.165, 1.54) is 30.9 Å². The Kier molecular flexibility index (Phi) is 5.91. The van der Waals surface area contributed by atoms with E-state index >= 15 is 0 Å². The molecule has 0 spiro atoms. The van der Waals surface area contributed by atoms with Crippen LogP contribution < -0.4 is 10.6 Å². The van der Waals surface area contributed by atoms with Crippen LogP contribution in [0.4, 0.5) is 14.9 Å². The predicted molar refractivity (Wildman–Crippen MR) is 110 cm³/mol. The van der Waals surface area contributed by atoms with Gasteiger partial charge in [0.1, 0.15) is 5.82 Å². The lowest BCUT2D eigenvalue weighted by Crippen LogP contribution is -2.57. The van der Waals surface area contributed by atoms with E-state index in [-0.39, 0.29) is 17.8 Å². The van der Waals surface area contributed by atoms with Crippen molar-refractivity contribution in [3.05, 3.63) is 66.0 Å². The first-order chi connectivity index (χ1) is 13.7. The van der Waals surface area contributed by atoms with Gasteiger partial charge in [0, 0.05) is 24.7 Å². The minimum Gasteiger partial charge on any atom is -0.335 e. The predicted octanol–water partition coefficient (Wildman–Crippen LogP) is 4.58. The Morgan fingerprint density at radius 3 is 2.39 bits per heavy atom. The highest BCUT2D eigenvalue weighted by Gasteiger charge is 2.38. The zero-order valence-corrected chi connectivity index (χ0v) is 16.1. The molecule has 2 fully saturated rings. The third kappa shape index (κ3) is 4.53. The monoisotopic (exact) mass is 381 g/mol. The number of benzene rings is 2. The summed E-state index contributed by atoms with van der Waals surface area (Å²) in [6.45, 7) is 1.08. The molecule has 0 aliphatic carbocycles. The average molecular weight is 381 g/mol. The lowest BCUT2D eigenvalue weighted by molar-refractivity contribution is 0.0280. The third-order valence-corrected chi connectivity index (χ3v) is 6.08. The number of halogens is 1. The SMILES string of the molecule is O=C(Nc1ccccc1F)NC1CC2CCCC(C1)N2CCc1ccccc1. The Hall–Kier alpha value is -2.40. The Balaban J connectivity index is 1.32. The van der Waals surface area contributed by atoms with Gasteiger partial charge in [0.2, 0.25) is 0 Å². The zero-order valence-electron chi connectivity index (χ0n) is 16.1. The highest BCUT2D eigenvalue weighted by atomic mass is 19.1. The fraction of sp³-hybridized carbons (Fsp3) is 0.435. The topological polar surface area (TPSA) is 44.4 Å². The summed E-state index contributed by atoms with van der Waals surface area (Å²) < 4.78 is 13.7. The van der Waals surface area contributed by atoms with Crippen molar-refractivity contribution in [2.45, 2.75) is 56.7 Å². The molecule has 2 atom stereocenters. The van der Waals surface area contributed by atoms with E-state index in [4.69, 9.17) is 0 Å². The first kappa shape index (κ1) is 18.9. The molecule has 0 aromatic heterocycles. The fourth-order valence-electron chi connectivity index (χ4n) is 4.77. The third-order valence-electron chi connectivity index (χ3n) is 6.08. The van der Waals surface area contributed by atoms with E-state index in [2.05, 4.69) is 45.9 Å².